The number of rotatable bonds is 7. The number of hydrogen-bond acceptors (Lipinski definition) is 1. The van der Waals surface area contributed by atoms with Gasteiger partial charge in [-0.3, -0.25) is 0 Å². The zero-order chi connectivity index (χ0) is 15.1. The first-order valence-electron chi connectivity index (χ1n) is 7.43. The largest absolute Gasteiger partial charge is 0.310 e. The fraction of sp³-hybridized carbons (Fsp3) is 0.333. The molecule has 0 fully saturated rings. The van der Waals surface area contributed by atoms with E-state index in [0.29, 0.717) is 5.02 Å². The lowest BCUT2D eigenvalue weighted by molar-refractivity contribution is 0.494. The van der Waals surface area contributed by atoms with E-state index in [1.807, 2.05) is 6.07 Å². The molecular formula is C18H21ClFN. The minimum Gasteiger partial charge on any atom is -0.310 e. The minimum atomic E-state index is -0.236. The summed E-state index contributed by atoms with van der Waals surface area (Å²) in [5.74, 6) is -0.236. The van der Waals surface area contributed by atoms with Gasteiger partial charge in [0, 0.05) is 11.1 Å². The van der Waals surface area contributed by atoms with Crippen LogP contribution in [-0.2, 0) is 6.42 Å². The van der Waals surface area contributed by atoms with E-state index >= 15 is 0 Å². The van der Waals surface area contributed by atoms with Gasteiger partial charge in [0.2, 0.25) is 0 Å². The monoisotopic (exact) mass is 305 g/mol. The van der Waals surface area contributed by atoms with Crippen molar-refractivity contribution in [1.82, 2.24) is 5.32 Å². The predicted molar refractivity (Wildman–Crippen MR) is 87.2 cm³/mol. The van der Waals surface area contributed by atoms with Crippen LogP contribution in [0.1, 0.15) is 36.9 Å². The van der Waals surface area contributed by atoms with E-state index in [4.69, 9.17) is 11.6 Å². The molecule has 2 aromatic rings. The average molecular weight is 306 g/mol. The highest BCUT2D eigenvalue weighted by atomic mass is 35.5. The Morgan fingerprint density at radius 1 is 1.14 bits per heavy atom. The van der Waals surface area contributed by atoms with E-state index in [9.17, 15) is 4.39 Å². The van der Waals surface area contributed by atoms with Crippen LogP contribution in [0.3, 0.4) is 0 Å². The van der Waals surface area contributed by atoms with Crippen LogP contribution < -0.4 is 5.32 Å². The molecule has 0 spiro atoms. The van der Waals surface area contributed by atoms with Gasteiger partial charge in [-0.25, -0.2) is 4.39 Å². The summed E-state index contributed by atoms with van der Waals surface area (Å²) in [5.41, 5.74) is 2.18. The fourth-order valence-electron chi connectivity index (χ4n) is 2.55. The van der Waals surface area contributed by atoms with E-state index in [0.717, 1.165) is 31.4 Å². The predicted octanol–water partition coefficient (Wildman–Crippen LogP) is 5.15. The Bertz CT molecular complexity index is 556. The van der Waals surface area contributed by atoms with Gasteiger partial charge in [-0.05, 0) is 55.1 Å². The molecule has 0 amide bonds. The lowest BCUT2D eigenvalue weighted by Gasteiger charge is -2.19. The number of nitrogens with one attached hydrogen (secondary N) is 1. The van der Waals surface area contributed by atoms with E-state index in [1.165, 1.54) is 17.7 Å². The standard InChI is InChI=1S/C18H21ClFN/c1-2-21-18(16-13-15(20)11-12-17(16)19)10-6-9-14-7-4-3-5-8-14/h3-5,7-8,11-13,18,21H,2,6,9-10H2,1H3. The van der Waals surface area contributed by atoms with Crippen LogP contribution in [0.5, 0.6) is 0 Å². The molecule has 2 rings (SSSR count). The molecule has 1 unspecified atom stereocenters. The molecule has 2 aromatic carbocycles. The maximum atomic E-state index is 13.4. The van der Waals surface area contributed by atoms with Crippen LogP contribution in [0.25, 0.3) is 0 Å². The van der Waals surface area contributed by atoms with Crippen molar-refractivity contribution < 1.29 is 4.39 Å². The Labute approximate surface area is 131 Å². The molecule has 1 N–H and O–H groups in total. The van der Waals surface area contributed by atoms with Crippen LogP contribution in [0.15, 0.2) is 48.5 Å². The maximum Gasteiger partial charge on any atom is 0.123 e. The fourth-order valence-corrected chi connectivity index (χ4v) is 2.80. The molecule has 0 aliphatic heterocycles. The second-order valence-electron chi connectivity index (χ2n) is 5.15. The van der Waals surface area contributed by atoms with Crippen molar-refractivity contribution in [2.45, 2.75) is 32.2 Å². The molecule has 0 heterocycles. The van der Waals surface area contributed by atoms with Gasteiger partial charge in [-0.1, -0.05) is 48.9 Å². The minimum absolute atomic E-state index is 0.0990. The first-order chi connectivity index (χ1) is 10.2. The quantitative estimate of drug-likeness (QED) is 0.745. The normalized spacial score (nSPS) is 12.3. The topological polar surface area (TPSA) is 12.0 Å². The SMILES string of the molecule is CCNC(CCCc1ccccc1)c1cc(F)ccc1Cl. The number of hydrogen-bond donors (Lipinski definition) is 1. The lowest BCUT2D eigenvalue weighted by Crippen LogP contribution is -2.21. The van der Waals surface area contributed by atoms with Gasteiger partial charge in [-0.15, -0.1) is 0 Å². The summed E-state index contributed by atoms with van der Waals surface area (Å²) in [6, 6.07) is 15.1. The zero-order valence-corrected chi connectivity index (χ0v) is 13.0. The molecular weight excluding hydrogens is 285 g/mol. The molecule has 21 heavy (non-hydrogen) atoms. The van der Waals surface area contributed by atoms with Gasteiger partial charge in [0.05, 0.1) is 0 Å². The first-order valence-corrected chi connectivity index (χ1v) is 7.80. The highest BCUT2D eigenvalue weighted by Gasteiger charge is 2.14. The number of halogens is 2. The van der Waals surface area contributed by atoms with Crippen molar-refractivity contribution in [3.63, 3.8) is 0 Å². The molecule has 0 saturated heterocycles. The first kappa shape index (κ1) is 16.0. The molecule has 0 bridgehead atoms. The average Bonchev–Trinajstić information content (AvgIpc) is 2.50. The molecule has 1 nitrogen and oxygen atoms in total. The van der Waals surface area contributed by atoms with E-state index in [2.05, 4.69) is 36.5 Å². The third kappa shape index (κ3) is 4.83. The molecule has 0 saturated carbocycles. The van der Waals surface area contributed by atoms with Gasteiger partial charge in [0.25, 0.3) is 0 Å². The van der Waals surface area contributed by atoms with Crippen molar-refractivity contribution in [2.24, 2.45) is 0 Å². The van der Waals surface area contributed by atoms with Gasteiger partial charge in [0.1, 0.15) is 5.82 Å². The molecule has 0 aromatic heterocycles. The van der Waals surface area contributed by atoms with Crippen molar-refractivity contribution in [3.05, 3.63) is 70.5 Å². The summed E-state index contributed by atoms with van der Waals surface area (Å²) in [7, 11) is 0. The summed E-state index contributed by atoms with van der Waals surface area (Å²) < 4.78 is 13.4. The molecule has 0 aliphatic rings. The Balaban J connectivity index is 2.00. The van der Waals surface area contributed by atoms with Crippen molar-refractivity contribution in [2.75, 3.05) is 6.54 Å². The second-order valence-corrected chi connectivity index (χ2v) is 5.56. The number of benzene rings is 2. The van der Waals surface area contributed by atoms with Gasteiger partial charge >= 0.3 is 0 Å². The number of aryl methyl sites for hydroxylation is 1. The summed E-state index contributed by atoms with van der Waals surface area (Å²) in [4.78, 5) is 0. The second kappa shape index (κ2) is 8.16. The lowest BCUT2D eigenvalue weighted by atomic mass is 9.98. The van der Waals surface area contributed by atoms with Crippen LogP contribution in [0, 0.1) is 5.82 Å². The summed E-state index contributed by atoms with van der Waals surface area (Å²) in [6.45, 7) is 2.89. The summed E-state index contributed by atoms with van der Waals surface area (Å²) >= 11 is 6.22. The van der Waals surface area contributed by atoms with Crippen LogP contribution >= 0.6 is 11.6 Å². The third-order valence-corrected chi connectivity index (χ3v) is 3.93. The highest BCUT2D eigenvalue weighted by Crippen LogP contribution is 2.27. The molecule has 1 atom stereocenters. The van der Waals surface area contributed by atoms with E-state index in [1.54, 1.807) is 6.07 Å². The molecule has 112 valence electrons. The molecule has 0 aliphatic carbocycles. The van der Waals surface area contributed by atoms with Crippen LogP contribution in [0.2, 0.25) is 5.02 Å². The summed E-state index contributed by atoms with van der Waals surface area (Å²) in [6.07, 6.45) is 3.00. The van der Waals surface area contributed by atoms with Crippen molar-refractivity contribution in [3.8, 4) is 0 Å². The summed E-state index contributed by atoms with van der Waals surface area (Å²) in [5, 5.41) is 4.03. The Kier molecular flexibility index (Phi) is 6.21. The van der Waals surface area contributed by atoms with E-state index in [-0.39, 0.29) is 11.9 Å². The van der Waals surface area contributed by atoms with Gasteiger partial charge in [0.15, 0.2) is 0 Å². The molecule has 3 heteroatoms. The third-order valence-electron chi connectivity index (χ3n) is 3.59. The molecule has 0 radical (unpaired) electrons. The van der Waals surface area contributed by atoms with Crippen LogP contribution in [-0.4, -0.2) is 6.54 Å². The Morgan fingerprint density at radius 3 is 2.62 bits per heavy atom. The highest BCUT2D eigenvalue weighted by molar-refractivity contribution is 6.31. The van der Waals surface area contributed by atoms with Gasteiger partial charge in [-0.2, -0.15) is 0 Å². The smallest absolute Gasteiger partial charge is 0.123 e. The van der Waals surface area contributed by atoms with Gasteiger partial charge < -0.3 is 5.32 Å². The zero-order valence-electron chi connectivity index (χ0n) is 12.3. The van der Waals surface area contributed by atoms with Crippen molar-refractivity contribution >= 4 is 11.6 Å². The van der Waals surface area contributed by atoms with Crippen molar-refractivity contribution in [1.29, 1.82) is 0 Å². The Morgan fingerprint density at radius 2 is 1.90 bits per heavy atom. The Hall–Kier alpha value is -1.38. The van der Waals surface area contributed by atoms with E-state index < -0.39 is 0 Å². The maximum absolute atomic E-state index is 13.4. The van der Waals surface area contributed by atoms with Crippen LogP contribution in [0.4, 0.5) is 4.39 Å².